The molecule has 0 heterocycles. The van der Waals surface area contributed by atoms with Crippen molar-refractivity contribution < 1.29 is 4.74 Å². The van der Waals surface area contributed by atoms with Gasteiger partial charge in [0, 0.05) is 0 Å². The molecule has 0 fully saturated rings. The molecule has 0 saturated heterocycles. The summed E-state index contributed by atoms with van der Waals surface area (Å²) in [4.78, 5) is 0. The fraction of sp³-hybridized carbons (Fsp3) is 0.556. The second kappa shape index (κ2) is 2.70. The predicted molar refractivity (Wildman–Crippen MR) is 46.1 cm³/mol. The Labute approximate surface area is 67.7 Å². The summed E-state index contributed by atoms with van der Waals surface area (Å²) >= 11 is 0. The number of rotatable bonds is 2. The van der Waals surface area contributed by atoms with Crippen molar-refractivity contribution in [3.63, 3.8) is 0 Å². The van der Waals surface area contributed by atoms with Gasteiger partial charge in [0.1, 0.15) is 5.76 Å². The largest absolute Gasteiger partial charge is 0.496 e. The van der Waals surface area contributed by atoms with Crippen LogP contribution in [0.1, 0.15) is 20.8 Å². The van der Waals surface area contributed by atoms with Crippen LogP contribution in [0.15, 0.2) is 23.5 Å². The Kier molecular flexibility index (Phi) is 2.05. The zero-order valence-electron chi connectivity index (χ0n) is 7.35. The SMILES string of the molecule is CCOC1=CC=C(C)C1(C)N. The Morgan fingerprint density at radius 1 is 1.55 bits per heavy atom. The van der Waals surface area contributed by atoms with Crippen LogP contribution in [-0.4, -0.2) is 12.1 Å². The molecule has 0 amide bonds. The van der Waals surface area contributed by atoms with Crippen LogP contribution in [0.3, 0.4) is 0 Å². The molecule has 2 nitrogen and oxygen atoms in total. The molecule has 62 valence electrons. The molecule has 0 aromatic carbocycles. The van der Waals surface area contributed by atoms with Crippen molar-refractivity contribution in [2.24, 2.45) is 5.73 Å². The number of hydrogen-bond donors (Lipinski definition) is 1. The third kappa shape index (κ3) is 1.31. The van der Waals surface area contributed by atoms with Crippen molar-refractivity contribution in [1.82, 2.24) is 0 Å². The quantitative estimate of drug-likeness (QED) is 0.653. The predicted octanol–water partition coefficient (Wildman–Crippen LogP) is 1.58. The van der Waals surface area contributed by atoms with Crippen molar-refractivity contribution in [1.29, 1.82) is 0 Å². The Bertz CT molecular complexity index is 214. The maximum Gasteiger partial charge on any atom is 0.120 e. The van der Waals surface area contributed by atoms with E-state index in [9.17, 15) is 0 Å². The summed E-state index contributed by atoms with van der Waals surface area (Å²) in [6, 6.07) is 0. The number of nitrogens with two attached hydrogens (primary N) is 1. The Balaban J connectivity index is 2.75. The van der Waals surface area contributed by atoms with Gasteiger partial charge in [-0.05, 0) is 32.4 Å². The average Bonchev–Trinajstić information content (AvgIpc) is 2.16. The van der Waals surface area contributed by atoms with E-state index in [4.69, 9.17) is 10.5 Å². The minimum Gasteiger partial charge on any atom is -0.496 e. The topological polar surface area (TPSA) is 35.2 Å². The highest BCUT2D eigenvalue weighted by atomic mass is 16.5. The maximum absolute atomic E-state index is 5.99. The molecular weight excluding hydrogens is 138 g/mol. The van der Waals surface area contributed by atoms with Crippen LogP contribution < -0.4 is 5.73 Å². The van der Waals surface area contributed by atoms with Crippen LogP contribution in [0.4, 0.5) is 0 Å². The number of allylic oxidation sites excluding steroid dienone is 2. The summed E-state index contributed by atoms with van der Waals surface area (Å²) in [5, 5.41) is 0. The molecule has 1 aliphatic rings. The van der Waals surface area contributed by atoms with Crippen LogP contribution in [0.2, 0.25) is 0 Å². The molecule has 0 saturated carbocycles. The van der Waals surface area contributed by atoms with Gasteiger partial charge in [0.2, 0.25) is 0 Å². The van der Waals surface area contributed by atoms with Gasteiger partial charge >= 0.3 is 0 Å². The summed E-state index contributed by atoms with van der Waals surface area (Å²) in [5.74, 6) is 0.873. The third-order valence-electron chi connectivity index (χ3n) is 2.12. The van der Waals surface area contributed by atoms with E-state index in [1.165, 1.54) is 0 Å². The molecule has 0 aliphatic heterocycles. The molecule has 1 aliphatic carbocycles. The molecule has 2 N–H and O–H groups in total. The summed E-state index contributed by atoms with van der Waals surface area (Å²) < 4.78 is 5.37. The highest BCUT2D eigenvalue weighted by molar-refractivity contribution is 5.39. The molecule has 11 heavy (non-hydrogen) atoms. The number of ether oxygens (including phenoxy) is 1. The molecule has 1 rings (SSSR count). The van der Waals surface area contributed by atoms with E-state index in [1.54, 1.807) is 0 Å². The zero-order valence-corrected chi connectivity index (χ0v) is 7.35. The lowest BCUT2D eigenvalue weighted by molar-refractivity contribution is 0.195. The van der Waals surface area contributed by atoms with Gasteiger partial charge in [-0.3, -0.25) is 0 Å². The molecular formula is C9H15NO. The molecule has 0 spiro atoms. The van der Waals surface area contributed by atoms with Crippen LogP contribution in [0.25, 0.3) is 0 Å². The highest BCUT2D eigenvalue weighted by Gasteiger charge is 2.30. The minimum absolute atomic E-state index is 0.379. The maximum atomic E-state index is 5.99. The van der Waals surface area contributed by atoms with Crippen molar-refractivity contribution in [2.75, 3.05) is 6.61 Å². The summed E-state index contributed by atoms with van der Waals surface area (Å²) in [5.41, 5.74) is 6.76. The fourth-order valence-corrected chi connectivity index (χ4v) is 1.09. The zero-order chi connectivity index (χ0) is 8.48. The molecule has 0 aromatic heterocycles. The van der Waals surface area contributed by atoms with Crippen molar-refractivity contribution in [2.45, 2.75) is 26.3 Å². The van der Waals surface area contributed by atoms with E-state index in [0.717, 1.165) is 11.3 Å². The van der Waals surface area contributed by atoms with E-state index in [2.05, 4.69) is 0 Å². The van der Waals surface area contributed by atoms with Gasteiger partial charge in [-0.2, -0.15) is 0 Å². The van der Waals surface area contributed by atoms with E-state index in [1.807, 2.05) is 32.9 Å². The van der Waals surface area contributed by atoms with E-state index in [-0.39, 0.29) is 5.54 Å². The first kappa shape index (κ1) is 8.34. The number of hydrogen-bond acceptors (Lipinski definition) is 2. The lowest BCUT2D eigenvalue weighted by atomic mass is 9.97. The van der Waals surface area contributed by atoms with Gasteiger partial charge in [-0.1, -0.05) is 6.08 Å². The van der Waals surface area contributed by atoms with Gasteiger partial charge in [-0.15, -0.1) is 0 Å². The monoisotopic (exact) mass is 153 g/mol. The minimum atomic E-state index is -0.379. The first-order valence-corrected chi connectivity index (χ1v) is 3.90. The smallest absolute Gasteiger partial charge is 0.120 e. The summed E-state index contributed by atoms with van der Waals surface area (Å²) in [6.45, 7) is 6.63. The second-order valence-corrected chi connectivity index (χ2v) is 3.02. The second-order valence-electron chi connectivity index (χ2n) is 3.02. The van der Waals surface area contributed by atoms with Crippen LogP contribution in [-0.2, 0) is 4.74 Å². The van der Waals surface area contributed by atoms with Gasteiger partial charge in [-0.25, -0.2) is 0 Å². The van der Waals surface area contributed by atoms with Crippen LogP contribution >= 0.6 is 0 Å². The first-order chi connectivity index (χ1) is 5.09. The van der Waals surface area contributed by atoms with Crippen molar-refractivity contribution in [3.8, 4) is 0 Å². The van der Waals surface area contributed by atoms with Crippen LogP contribution in [0, 0.1) is 0 Å². The van der Waals surface area contributed by atoms with Gasteiger partial charge in [0.05, 0.1) is 12.1 Å². The lowest BCUT2D eigenvalue weighted by Crippen LogP contribution is -2.38. The van der Waals surface area contributed by atoms with E-state index >= 15 is 0 Å². The third-order valence-corrected chi connectivity index (χ3v) is 2.12. The molecule has 0 radical (unpaired) electrons. The van der Waals surface area contributed by atoms with Gasteiger partial charge in [0.25, 0.3) is 0 Å². The summed E-state index contributed by atoms with van der Waals surface area (Å²) in [6.07, 6.45) is 3.95. The standard InChI is InChI=1S/C9H15NO/c1-4-11-8-6-5-7(2)9(8,3)10/h5-6H,4,10H2,1-3H3. The normalized spacial score (nSPS) is 29.8. The van der Waals surface area contributed by atoms with E-state index < -0.39 is 0 Å². The molecule has 2 heteroatoms. The van der Waals surface area contributed by atoms with Gasteiger partial charge < -0.3 is 10.5 Å². The summed E-state index contributed by atoms with van der Waals surface area (Å²) in [7, 11) is 0. The highest BCUT2D eigenvalue weighted by Crippen LogP contribution is 2.28. The van der Waals surface area contributed by atoms with Crippen LogP contribution in [0.5, 0.6) is 0 Å². The fourth-order valence-electron chi connectivity index (χ4n) is 1.09. The van der Waals surface area contributed by atoms with E-state index in [0.29, 0.717) is 6.61 Å². The lowest BCUT2D eigenvalue weighted by Gasteiger charge is -2.24. The van der Waals surface area contributed by atoms with Crippen molar-refractivity contribution in [3.05, 3.63) is 23.5 Å². The molecule has 0 bridgehead atoms. The Hall–Kier alpha value is -0.760. The Morgan fingerprint density at radius 3 is 2.55 bits per heavy atom. The first-order valence-electron chi connectivity index (χ1n) is 3.90. The molecule has 0 aromatic rings. The molecule has 1 atom stereocenters. The van der Waals surface area contributed by atoms with Gasteiger partial charge in [0.15, 0.2) is 0 Å². The van der Waals surface area contributed by atoms with Crippen molar-refractivity contribution >= 4 is 0 Å². The molecule has 1 unspecified atom stereocenters. The average molecular weight is 153 g/mol. The Morgan fingerprint density at radius 2 is 2.18 bits per heavy atom.